The van der Waals surface area contributed by atoms with Gasteiger partial charge in [0.05, 0.1) is 15.9 Å². The Labute approximate surface area is 277 Å². The van der Waals surface area contributed by atoms with Crippen LogP contribution in [0.5, 0.6) is 0 Å². The van der Waals surface area contributed by atoms with E-state index in [1.54, 1.807) is 0 Å². The number of hydrogen-bond donors (Lipinski definition) is 0. The highest BCUT2D eigenvalue weighted by molar-refractivity contribution is 7.85. The fourth-order valence-electron chi connectivity index (χ4n) is 6.88. The maximum Gasteiger partial charge on any atom is 0.171 e. The first-order valence-corrected chi connectivity index (χ1v) is 18.3. The predicted octanol–water partition coefficient (Wildman–Crippen LogP) is 10.7. The Hall–Kier alpha value is -5.34. The van der Waals surface area contributed by atoms with Crippen molar-refractivity contribution in [1.29, 1.82) is 0 Å². The molecule has 9 aromatic rings. The number of hydrogen-bond acceptors (Lipinski definition) is 3. The third kappa shape index (κ3) is 4.54. The highest BCUT2D eigenvalue weighted by atomic mass is 32.1. The maximum atomic E-state index is 14.9. The lowest BCUT2D eigenvalue weighted by atomic mass is 9.97. The summed E-state index contributed by atoms with van der Waals surface area (Å²) in [6, 6.07) is 58.2. The summed E-state index contributed by atoms with van der Waals surface area (Å²) in [5.74, 6) is 0. The van der Waals surface area contributed by atoms with E-state index in [9.17, 15) is 4.57 Å². The van der Waals surface area contributed by atoms with Crippen LogP contribution in [0.15, 0.2) is 170 Å². The molecule has 0 bridgehead atoms. The summed E-state index contributed by atoms with van der Waals surface area (Å²) in [5, 5.41) is 8.71. The maximum absolute atomic E-state index is 14.9. The highest BCUT2D eigenvalue weighted by Gasteiger charge is 2.29. The van der Waals surface area contributed by atoms with Crippen LogP contribution in [0.4, 0.5) is 0 Å². The van der Waals surface area contributed by atoms with Gasteiger partial charge in [0.25, 0.3) is 0 Å². The van der Waals surface area contributed by atoms with Crippen LogP contribution in [-0.4, -0.2) is 4.98 Å². The van der Waals surface area contributed by atoms with Crippen molar-refractivity contribution in [3.8, 4) is 22.4 Å². The lowest BCUT2D eigenvalue weighted by Crippen LogP contribution is -2.24. The van der Waals surface area contributed by atoms with Crippen molar-refractivity contribution in [2.75, 3.05) is 0 Å². The molecule has 0 aliphatic rings. The molecule has 2 aromatic heterocycles. The molecule has 2 heterocycles. The quantitative estimate of drug-likeness (QED) is 0.139. The average molecular weight is 638 g/mol. The lowest BCUT2D eigenvalue weighted by molar-refractivity contribution is 0.592. The van der Waals surface area contributed by atoms with Gasteiger partial charge in [-0.25, -0.2) is 4.98 Å². The average Bonchev–Trinajstić information content (AvgIpc) is 3.54. The summed E-state index contributed by atoms with van der Waals surface area (Å²) in [7, 11) is -3.04. The number of pyridine rings is 1. The van der Waals surface area contributed by atoms with Crippen LogP contribution in [0.1, 0.15) is 0 Å². The minimum Gasteiger partial charge on any atom is -0.309 e. The van der Waals surface area contributed by atoms with Gasteiger partial charge in [-0.15, -0.1) is 11.3 Å². The van der Waals surface area contributed by atoms with Gasteiger partial charge in [0.1, 0.15) is 0 Å². The van der Waals surface area contributed by atoms with E-state index in [-0.39, 0.29) is 0 Å². The van der Waals surface area contributed by atoms with Gasteiger partial charge in [-0.3, -0.25) is 0 Å². The highest BCUT2D eigenvalue weighted by Crippen LogP contribution is 2.45. The summed E-state index contributed by atoms with van der Waals surface area (Å²) in [5.41, 5.74) is 5.25. The van der Waals surface area contributed by atoms with Crippen LogP contribution in [0.25, 0.3) is 64.2 Å². The molecule has 0 amide bonds. The molecule has 47 heavy (non-hydrogen) atoms. The lowest BCUT2D eigenvalue weighted by Gasteiger charge is -2.20. The van der Waals surface area contributed by atoms with E-state index in [1.807, 2.05) is 84.1 Å². The Bertz CT molecular complexity index is 2600. The molecular formula is C43H28NOPS. The molecule has 4 heteroatoms. The second-order valence-electron chi connectivity index (χ2n) is 11.9. The van der Waals surface area contributed by atoms with Crippen LogP contribution in [0, 0.1) is 0 Å². The van der Waals surface area contributed by atoms with Gasteiger partial charge in [-0.05, 0) is 40.1 Å². The Kier molecular flexibility index (Phi) is 6.64. The largest absolute Gasteiger partial charge is 0.309 e. The van der Waals surface area contributed by atoms with Crippen LogP contribution >= 0.6 is 18.5 Å². The van der Waals surface area contributed by atoms with E-state index < -0.39 is 7.14 Å². The first-order valence-electron chi connectivity index (χ1n) is 15.7. The van der Waals surface area contributed by atoms with E-state index in [2.05, 4.69) is 97.1 Å². The summed E-state index contributed by atoms with van der Waals surface area (Å²) < 4.78 is 17.4. The summed E-state index contributed by atoms with van der Waals surface area (Å²) >= 11 is 1.82. The summed E-state index contributed by atoms with van der Waals surface area (Å²) in [6.07, 6.45) is 0. The molecule has 0 radical (unpaired) electrons. The number of thiophene rings is 1. The van der Waals surface area contributed by atoms with Gasteiger partial charge in [-0.2, -0.15) is 0 Å². The van der Waals surface area contributed by atoms with Crippen molar-refractivity contribution < 1.29 is 4.57 Å². The van der Waals surface area contributed by atoms with Crippen LogP contribution in [-0.2, 0) is 4.57 Å². The topological polar surface area (TPSA) is 30.0 Å². The first kappa shape index (κ1) is 27.9. The fraction of sp³-hybridized carbons (Fsp3) is 0. The van der Waals surface area contributed by atoms with Crippen LogP contribution in [0.3, 0.4) is 0 Å². The number of aromatic nitrogens is 1. The molecule has 0 aliphatic heterocycles. The third-order valence-corrected chi connectivity index (χ3v) is 13.4. The number of nitrogens with zero attached hydrogens (tertiary/aromatic N) is 1. The standard InChI is InChI=1S/C43H28NOPS/c45-46(33-15-3-1-4-16-33,34-17-5-2-6-18-34)35-25-22-29(23-26-35)31-13-11-14-32(28-31)42-43-41(37-20-9-10-21-39(37)47-43)40-36-19-8-7-12-30(36)24-27-38(40)44-42/h1-28H. The molecule has 0 N–H and O–H groups in total. The van der Waals surface area contributed by atoms with Gasteiger partial charge in [0.15, 0.2) is 7.14 Å². The van der Waals surface area contributed by atoms with Gasteiger partial charge < -0.3 is 4.57 Å². The molecule has 0 saturated heterocycles. The van der Waals surface area contributed by atoms with E-state index in [0.717, 1.165) is 43.8 Å². The van der Waals surface area contributed by atoms with Gasteiger partial charge in [-0.1, -0.05) is 152 Å². The van der Waals surface area contributed by atoms with E-state index >= 15 is 0 Å². The van der Waals surface area contributed by atoms with Crippen molar-refractivity contribution in [3.05, 3.63) is 170 Å². The Balaban J connectivity index is 1.19. The SMILES string of the molecule is O=P(c1ccccc1)(c1ccccc1)c1ccc(-c2cccc(-c3nc4ccc5ccccc5c4c4c3sc3ccccc34)c2)cc1. The molecule has 0 spiro atoms. The first-order chi connectivity index (χ1) is 23.2. The van der Waals surface area contributed by atoms with Crippen molar-refractivity contribution in [1.82, 2.24) is 4.98 Å². The molecule has 2 nitrogen and oxygen atoms in total. The second-order valence-corrected chi connectivity index (χ2v) is 15.7. The van der Waals surface area contributed by atoms with E-state index in [4.69, 9.17) is 4.98 Å². The smallest absolute Gasteiger partial charge is 0.171 e. The van der Waals surface area contributed by atoms with Gasteiger partial charge >= 0.3 is 0 Å². The van der Waals surface area contributed by atoms with Crippen molar-refractivity contribution >= 4 is 76.2 Å². The second kappa shape index (κ2) is 11.2. The fourth-order valence-corrected chi connectivity index (χ4v) is 10.7. The molecule has 0 saturated carbocycles. The number of benzene rings is 7. The molecule has 0 atom stereocenters. The molecular weight excluding hydrogens is 610 g/mol. The monoisotopic (exact) mass is 637 g/mol. The van der Waals surface area contributed by atoms with Crippen molar-refractivity contribution in [3.63, 3.8) is 0 Å². The molecule has 0 unspecified atom stereocenters. The normalized spacial score (nSPS) is 11.9. The minimum absolute atomic E-state index is 0.824. The number of fused-ring (bicyclic) bond motifs is 7. The van der Waals surface area contributed by atoms with Crippen molar-refractivity contribution in [2.45, 2.75) is 0 Å². The zero-order valence-corrected chi connectivity index (χ0v) is 27.1. The predicted molar refractivity (Wildman–Crippen MR) is 202 cm³/mol. The molecule has 0 fully saturated rings. The Morgan fingerprint density at radius 1 is 0.468 bits per heavy atom. The molecule has 222 valence electrons. The summed E-state index contributed by atoms with van der Waals surface area (Å²) in [6.45, 7) is 0. The molecule has 7 aromatic carbocycles. The zero-order valence-electron chi connectivity index (χ0n) is 25.4. The Morgan fingerprint density at radius 3 is 1.83 bits per heavy atom. The number of rotatable bonds is 5. The van der Waals surface area contributed by atoms with E-state index in [1.165, 1.54) is 36.3 Å². The van der Waals surface area contributed by atoms with E-state index in [0.29, 0.717) is 0 Å². The molecule has 0 aliphatic carbocycles. The van der Waals surface area contributed by atoms with Crippen LogP contribution < -0.4 is 15.9 Å². The molecule has 9 rings (SSSR count). The Morgan fingerprint density at radius 2 is 1.09 bits per heavy atom. The van der Waals surface area contributed by atoms with Crippen LogP contribution in [0.2, 0.25) is 0 Å². The third-order valence-electron chi connectivity index (χ3n) is 9.14. The minimum atomic E-state index is -3.04. The van der Waals surface area contributed by atoms with Crippen molar-refractivity contribution in [2.24, 2.45) is 0 Å². The van der Waals surface area contributed by atoms with Gasteiger partial charge in [0.2, 0.25) is 0 Å². The zero-order chi connectivity index (χ0) is 31.4. The summed E-state index contributed by atoms with van der Waals surface area (Å²) in [4.78, 5) is 5.34. The van der Waals surface area contributed by atoms with Gasteiger partial charge in [0, 0.05) is 42.3 Å².